The maximum atomic E-state index is 12.9. The third kappa shape index (κ3) is 7.22. The number of nitrogens with one attached hydrogen (secondary N) is 2. The number of carbonyl (C=O) groups excluding carboxylic acids is 1. The minimum Gasteiger partial charge on any atom is -0.394 e. The van der Waals surface area contributed by atoms with Gasteiger partial charge in [0.2, 0.25) is 0 Å². The first-order valence-corrected chi connectivity index (χ1v) is 15.6. The van der Waals surface area contributed by atoms with Crippen LogP contribution >= 0.6 is 0 Å². The van der Waals surface area contributed by atoms with Gasteiger partial charge in [-0.25, -0.2) is 0 Å². The Hall–Kier alpha value is -1.13. The minimum absolute atomic E-state index is 0.0286. The first-order chi connectivity index (χ1) is 20.8. The first-order valence-electron chi connectivity index (χ1n) is 15.6. The fourth-order valence-electron chi connectivity index (χ4n) is 6.66. The lowest BCUT2D eigenvalue weighted by molar-refractivity contribution is -0.314. The highest BCUT2D eigenvalue weighted by molar-refractivity contribution is 5.89. The Morgan fingerprint density at radius 3 is 2.18 bits per heavy atom. The zero-order chi connectivity index (χ0) is 31.9. The molecule has 17 nitrogen and oxygen atoms in total. The summed E-state index contributed by atoms with van der Waals surface area (Å²) in [6.45, 7) is 0.825. The molecule has 2 saturated heterocycles. The van der Waals surface area contributed by atoms with Crippen LogP contribution in [0.25, 0.3) is 0 Å². The second-order valence-electron chi connectivity index (χ2n) is 13.3. The number of aliphatic hydroxyl groups excluding tert-OH is 4. The molecule has 254 valence electrons. The molecule has 0 spiro atoms. The molecule has 44 heavy (non-hydrogen) atoms. The number of rotatable bonds is 11. The molecule has 2 aliphatic heterocycles. The molecule has 3 unspecified atom stereocenters. The van der Waals surface area contributed by atoms with Crippen molar-refractivity contribution in [2.45, 2.75) is 136 Å². The molecule has 0 aromatic heterocycles. The molecule has 17 N–H and O–H groups in total. The van der Waals surface area contributed by atoms with Gasteiger partial charge in [0.1, 0.15) is 36.6 Å². The molecule has 5 fully saturated rings. The van der Waals surface area contributed by atoms with E-state index in [4.69, 9.17) is 47.6 Å². The minimum atomic E-state index is -1.77. The lowest BCUT2D eigenvalue weighted by Gasteiger charge is -2.48. The largest absolute Gasteiger partial charge is 0.394 e. The molecule has 15 atom stereocenters. The van der Waals surface area contributed by atoms with Crippen LogP contribution in [-0.2, 0) is 23.7 Å². The van der Waals surface area contributed by atoms with Crippen molar-refractivity contribution in [3.63, 3.8) is 0 Å². The maximum absolute atomic E-state index is 12.9. The SMILES string of the molecule is NC1CC(CNC[C@@H]2CC[C@@H](N)[C@@H](OC3[C@@H](N)C[C@@H](NC(=O)C4(O)CC4N)[C@H](O[C@H]4O[C@H](CO)[C@@H](O)[C@H](N)[C@H]4O)[C@H]3O)O2)C1. The third-order valence-corrected chi connectivity index (χ3v) is 9.81. The van der Waals surface area contributed by atoms with Gasteiger partial charge in [0.15, 0.2) is 18.2 Å². The van der Waals surface area contributed by atoms with E-state index in [-0.39, 0.29) is 25.0 Å². The molecule has 3 aliphatic carbocycles. The topological polar surface area (TPSA) is 309 Å². The third-order valence-electron chi connectivity index (χ3n) is 9.81. The van der Waals surface area contributed by atoms with Crippen LogP contribution in [0.3, 0.4) is 0 Å². The fourth-order valence-corrected chi connectivity index (χ4v) is 6.66. The lowest BCUT2D eigenvalue weighted by Crippen LogP contribution is -2.69. The second kappa shape index (κ2) is 13.9. The van der Waals surface area contributed by atoms with E-state index in [1.807, 2.05) is 0 Å². The van der Waals surface area contributed by atoms with Crippen molar-refractivity contribution in [2.24, 2.45) is 34.6 Å². The van der Waals surface area contributed by atoms with Crippen LogP contribution in [0.4, 0.5) is 0 Å². The molecule has 0 bridgehead atoms. The fraction of sp³-hybridized carbons (Fsp3) is 0.963. The Morgan fingerprint density at radius 2 is 1.55 bits per heavy atom. The molecular weight excluding hydrogens is 582 g/mol. The molecule has 2 heterocycles. The molecular formula is C27H51N7O10. The van der Waals surface area contributed by atoms with Crippen molar-refractivity contribution in [1.82, 2.24) is 10.6 Å². The summed E-state index contributed by atoms with van der Waals surface area (Å²) < 4.78 is 24.0. The van der Waals surface area contributed by atoms with Gasteiger partial charge in [-0.05, 0) is 44.6 Å². The molecule has 5 aliphatic rings. The maximum Gasteiger partial charge on any atom is 0.253 e. The normalized spacial score (nSPS) is 51.0. The van der Waals surface area contributed by atoms with Crippen molar-refractivity contribution >= 4 is 5.91 Å². The van der Waals surface area contributed by atoms with E-state index in [0.29, 0.717) is 18.9 Å². The number of hydrogen-bond donors (Lipinski definition) is 12. The van der Waals surface area contributed by atoms with Crippen LogP contribution in [0.15, 0.2) is 0 Å². The van der Waals surface area contributed by atoms with E-state index in [9.17, 15) is 30.3 Å². The summed E-state index contributed by atoms with van der Waals surface area (Å²) in [6, 6.07) is -4.01. The van der Waals surface area contributed by atoms with Crippen LogP contribution < -0.4 is 39.3 Å². The number of ether oxygens (including phenoxy) is 4. The Bertz CT molecular complexity index is 981. The second-order valence-corrected chi connectivity index (χ2v) is 13.3. The van der Waals surface area contributed by atoms with E-state index in [2.05, 4.69) is 10.6 Å². The van der Waals surface area contributed by atoms with Gasteiger partial charge < -0.3 is 83.8 Å². The Labute approximate surface area is 256 Å². The molecule has 17 heteroatoms. The molecule has 0 aromatic carbocycles. The highest BCUT2D eigenvalue weighted by atomic mass is 16.7. The average molecular weight is 634 g/mol. The number of hydrogen-bond acceptors (Lipinski definition) is 16. The number of amides is 1. The average Bonchev–Trinajstić information content (AvgIpc) is 3.60. The van der Waals surface area contributed by atoms with Crippen molar-refractivity contribution in [2.75, 3.05) is 19.7 Å². The summed E-state index contributed by atoms with van der Waals surface area (Å²) in [5.74, 6) is -0.207. The molecule has 0 radical (unpaired) electrons. The van der Waals surface area contributed by atoms with E-state index in [1.54, 1.807) is 0 Å². The van der Waals surface area contributed by atoms with Crippen molar-refractivity contribution in [3.05, 3.63) is 0 Å². The van der Waals surface area contributed by atoms with Gasteiger partial charge in [-0.3, -0.25) is 4.79 Å². The van der Waals surface area contributed by atoms with E-state index < -0.39 is 97.5 Å². The van der Waals surface area contributed by atoms with E-state index >= 15 is 0 Å². The summed E-state index contributed by atoms with van der Waals surface area (Å²) in [4.78, 5) is 12.9. The smallest absolute Gasteiger partial charge is 0.253 e. The van der Waals surface area contributed by atoms with Crippen molar-refractivity contribution in [3.8, 4) is 0 Å². The Kier molecular flexibility index (Phi) is 10.8. The van der Waals surface area contributed by atoms with Crippen molar-refractivity contribution < 1.29 is 49.3 Å². The number of carbonyl (C=O) groups is 1. The van der Waals surface area contributed by atoms with Gasteiger partial charge >= 0.3 is 0 Å². The predicted octanol–water partition coefficient (Wildman–Crippen LogP) is -6.28. The predicted molar refractivity (Wildman–Crippen MR) is 153 cm³/mol. The zero-order valence-electron chi connectivity index (χ0n) is 24.8. The van der Waals surface area contributed by atoms with E-state index in [1.165, 1.54) is 0 Å². The number of aliphatic hydroxyl groups is 5. The summed E-state index contributed by atoms with van der Waals surface area (Å²) in [7, 11) is 0. The monoisotopic (exact) mass is 633 g/mol. The zero-order valence-corrected chi connectivity index (χ0v) is 24.8. The number of nitrogens with two attached hydrogens (primary N) is 5. The van der Waals surface area contributed by atoms with Crippen LogP contribution in [-0.4, -0.2) is 148 Å². The summed E-state index contributed by atoms with van der Waals surface area (Å²) in [5, 5.41) is 58.8. The van der Waals surface area contributed by atoms with E-state index in [0.717, 1.165) is 25.8 Å². The Morgan fingerprint density at radius 1 is 0.864 bits per heavy atom. The summed E-state index contributed by atoms with van der Waals surface area (Å²) in [6.07, 6.45) is -7.13. The molecule has 3 saturated carbocycles. The van der Waals surface area contributed by atoms with Crippen LogP contribution in [0.2, 0.25) is 0 Å². The van der Waals surface area contributed by atoms with Gasteiger partial charge in [0, 0.05) is 31.1 Å². The summed E-state index contributed by atoms with van der Waals surface area (Å²) in [5.41, 5.74) is 28.6. The standard InChI is InChI=1S/C27H51N7O10/c28-11-3-10(4-11)7-33-8-12-1-2-13(29)24(41-12)43-22-14(30)5-15(34-26(39)27(40)6-17(27)31)23(21(22)38)44-25-20(37)18(32)19(36)16(9-35)42-25/h10-25,33,35-38,40H,1-9,28-32H2,(H,34,39)/t10?,11?,12-,13+,14-,15+,16+,17?,18-,19+,20+,21-,22?,23-,24+,25+,27?/m0/s1. The van der Waals surface area contributed by atoms with Crippen molar-refractivity contribution in [1.29, 1.82) is 0 Å². The van der Waals surface area contributed by atoms with Crippen LogP contribution in [0, 0.1) is 5.92 Å². The van der Waals surface area contributed by atoms with Gasteiger partial charge in [-0.2, -0.15) is 0 Å². The van der Waals surface area contributed by atoms with Gasteiger partial charge in [0.25, 0.3) is 5.91 Å². The van der Waals surface area contributed by atoms with Gasteiger partial charge in [-0.15, -0.1) is 0 Å². The summed E-state index contributed by atoms with van der Waals surface area (Å²) >= 11 is 0. The molecule has 5 rings (SSSR count). The lowest BCUT2D eigenvalue weighted by atomic mass is 9.81. The van der Waals surface area contributed by atoms with Gasteiger partial charge in [0.05, 0.1) is 30.8 Å². The first kappa shape index (κ1) is 34.2. The molecule has 0 aromatic rings. The van der Waals surface area contributed by atoms with Crippen LogP contribution in [0.1, 0.15) is 38.5 Å². The highest BCUT2D eigenvalue weighted by Crippen LogP contribution is 2.36. The van der Waals surface area contributed by atoms with Gasteiger partial charge in [-0.1, -0.05) is 0 Å². The van der Waals surface area contributed by atoms with Crippen LogP contribution in [0.5, 0.6) is 0 Å². The highest BCUT2D eigenvalue weighted by Gasteiger charge is 2.59. The quantitative estimate of drug-likeness (QED) is 0.101. The Balaban J connectivity index is 1.27. The molecule has 1 amide bonds.